The van der Waals surface area contributed by atoms with Crippen molar-refractivity contribution in [1.82, 2.24) is 9.97 Å². The molecule has 100 valence electrons. The third-order valence-electron chi connectivity index (χ3n) is 3.14. The van der Waals surface area contributed by atoms with Crippen LogP contribution in [0.3, 0.4) is 0 Å². The van der Waals surface area contributed by atoms with Crippen molar-refractivity contribution in [2.75, 3.05) is 11.9 Å². The summed E-state index contributed by atoms with van der Waals surface area (Å²) in [5.74, 6) is -0.0461. The zero-order valence-electron chi connectivity index (χ0n) is 11.3. The van der Waals surface area contributed by atoms with Gasteiger partial charge in [-0.3, -0.25) is 0 Å². The molecule has 0 atom stereocenters. The van der Waals surface area contributed by atoms with Crippen LogP contribution in [-0.2, 0) is 12.8 Å². The predicted octanol–water partition coefficient (Wildman–Crippen LogP) is 3.14. The van der Waals surface area contributed by atoms with Gasteiger partial charge in [0.25, 0.3) is 0 Å². The number of hydrogen-bond donors (Lipinski definition) is 1. The molecule has 0 aliphatic rings. The second-order valence-corrected chi connectivity index (χ2v) is 4.44. The first-order valence-electron chi connectivity index (χ1n) is 6.50. The normalized spacial score (nSPS) is 10.5. The van der Waals surface area contributed by atoms with Crippen LogP contribution in [0.1, 0.15) is 23.7 Å². The number of rotatable bonds is 5. The third-order valence-corrected chi connectivity index (χ3v) is 3.14. The van der Waals surface area contributed by atoms with Crippen molar-refractivity contribution in [3.05, 3.63) is 53.2 Å². The number of anilines is 1. The summed E-state index contributed by atoms with van der Waals surface area (Å²) in [7, 11) is 0. The molecule has 2 aromatic rings. The molecule has 2 rings (SSSR count). The Morgan fingerprint density at radius 3 is 2.74 bits per heavy atom. The summed E-state index contributed by atoms with van der Waals surface area (Å²) in [5.41, 5.74) is 2.97. The summed E-state index contributed by atoms with van der Waals surface area (Å²) < 4.78 is 13.9. The first-order valence-corrected chi connectivity index (χ1v) is 6.50. The highest BCUT2D eigenvalue weighted by Crippen LogP contribution is 2.14. The highest BCUT2D eigenvalue weighted by molar-refractivity contribution is 5.37. The van der Waals surface area contributed by atoms with Crippen molar-refractivity contribution in [1.29, 1.82) is 0 Å². The van der Waals surface area contributed by atoms with Crippen LogP contribution in [0.4, 0.5) is 10.2 Å². The molecule has 0 saturated heterocycles. The second kappa shape index (κ2) is 6.27. The Labute approximate surface area is 112 Å². The molecule has 1 heterocycles. The van der Waals surface area contributed by atoms with E-state index in [4.69, 9.17) is 0 Å². The van der Waals surface area contributed by atoms with Crippen LogP contribution in [0.15, 0.2) is 30.6 Å². The lowest BCUT2D eigenvalue weighted by Crippen LogP contribution is -2.10. The lowest BCUT2D eigenvalue weighted by atomic mass is 10.1. The van der Waals surface area contributed by atoms with E-state index in [2.05, 4.69) is 34.3 Å². The number of halogens is 1. The fourth-order valence-electron chi connectivity index (χ4n) is 1.98. The van der Waals surface area contributed by atoms with E-state index >= 15 is 0 Å². The lowest BCUT2D eigenvalue weighted by Gasteiger charge is -2.09. The standard InChI is InChI=1S/C15H18FN3/c1-3-13-14(16)15(19-10-18-13)17-9-8-12-7-5-4-6-11(12)2/h4-7,10H,3,8-9H2,1-2H3,(H,17,18,19). The second-order valence-electron chi connectivity index (χ2n) is 4.44. The summed E-state index contributed by atoms with van der Waals surface area (Å²) in [4.78, 5) is 7.85. The van der Waals surface area contributed by atoms with Crippen molar-refractivity contribution in [3.63, 3.8) is 0 Å². The minimum Gasteiger partial charge on any atom is -0.367 e. The van der Waals surface area contributed by atoms with Gasteiger partial charge in [0.05, 0.1) is 5.69 Å². The van der Waals surface area contributed by atoms with Crippen LogP contribution in [0.25, 0.3) is 0 Å². The highest BCUT2D eigenvalue weighted by Gasteiger charge is 2.08. The van der Waals surface area contributed by atoms with E-state index in [-0.39, 0.29) is 5.82 Å². The molecule has 0 unspecified atom stereocenters. The number of aryl methyl sites for hydroxylation is 2. The van der Waals surface area contributed by atoms with Crippen LogP contribution in [-0.4, -0.2) is 16.5 Å². The lowest BCUT2D eigenvalue weighted by molar-refractivity contribution is 0.596. The van der Waals surface area contributed by atoms with Gasteiger partial charge < -0.3 is 5.32 Å². The summed E-state index contributed by atoms with van der Waals surface area (Å²) >= 11 is 0. The Morgan fingerprint density at radius 2 is 2.00 bits per heavy atom. The van der Waals surface area contributed by atoms with Crippen molar-refractivity contribution in [3.8, 4) is 0 Å². The van der Waals surface area contributed by atoms with Crippen LogP contribution >= 0.6 is 0 Å². The average molecular weight is 259 g/mol. The third kappa shape index (κ3) is 3.28. The molecule has 0 spiro atoms. The Morgan fingerprint density at radius 1 is 1.21 bits per heavy atom. The maximum absolute atomic E-state index is 13.9. The Kier molecular flexibility index (Phi) is 4.44. The smallest absolute Gasteiger partial charge is 0.186 e. The van der Waals surface area contributed by atoms with Crippen molar-refractivity contribution >= 4 is 5.82 Å². The topological polar surface area (TPSA) is 37.8 Å². The van der Waals surface area contributed by atoms with Gasteiger partial charge in [-0.1, -0.05) is 31.2 Å². The van der Waals surface area contributed by atoms with E-state index in [0.717, 1.165) is 6.42 Å². The molecule has 0 fully saturated rings. The van der Waals surface area contributed by atoms with Crippen molar-refractivity contribution in [2.45, 2.75) is 26.7 Å². The van der Waals surface area contributed by atoms with Gasteiger partial charge in [-0.2, -0.15) is 0 Å². The first kappa shape index (κ1) is 13.5. The quantitative estimate of drug-likeness (QED) is 0.896. The highest BCUT2D eigenvalue weighted by atomic mass is 19.1. The van der Waals surface area contributed by atoms with Gasteiger partial charge in [-0.25, -0.2) is 14.4 Å². The molecular weight excluding hydrogens is 241 g/mol. The molecule has 0 radical (unpaired) electrons. The van der Waals surface area contributed by atoms with Gasteiger partial charge in [-0.15, -0.1) is 0 Å². The molecule has 3 nitrogen and oxygen atoms in total. The summed E-state index contributed by atoms with van der Waals surface area (Å²) in [6.07, 6.45) is 2.82. The van der Waals surface area contributed by atoms with Crippen molar-refractivity contribution < 1.29 is 4.39 Å². The first-order chi connectivity index (χ1) is 9.22. The SMILES string of the molecule is CCc1ncnc(NCCc2ccccc2C)c1F. The molecular formula is C15H18FN3. The van der Waals surface area contributed by atoms with E-state index in [1.54, 1.807) is 0 Å². The van der Waals surface area contributed by atoms with Gasteiger partial charge in [0.2, 0.25) is 0 Å². The van der Waals surface area contributed by atoms with Crippen LogP contribution < -0.4 is 5.32 Å². The van der Waals surface area contributed by atoms with Crippen molar-refractivity contribution in [2.24, 2.45) is 0 Å². The van der Waals surface area contributed by atoms with E-state index in [0.29, 0.717) is 24.5 Å². The summed E-state index contributed by atoms with van der Waals surface area (Å²) in [6, 6.07) is 8.20. The Hall–Kier alpha value is -1.97. The van der Waals surface area contributed by atoms with Crippen LogP contribution in [0, 0.1) is 12.7 Å². The van der Waals surface area contributed by atoms with E-state index in [1.165, 1.54) is 17.5 Å². The predicted molar refractivity (Wildman–Crippen MR) is 74.7 cm³/mol. The summed E-state index contributed by atoms with van der Waals surface area (Å²) in [5, 5.41) is 3.04. The Bertz CT molecular complexity index is 555. The molecule has 1 N–H and O–H groups in total. The maximum Gasteiger partial charge on any atom is 0.186 e. The van der Waals surface area contributed by atoms with Crippen LogP contribution in [0.5, 0.6) is 0 Å². The van der Waals surface area contributed by atoms with Gasteiger partial charge in [0.1, 0.15) is 6.33 Å². The zero-order chi connectivity index (χ0) is 13.7. The number of nitrogens with zero attached hydrogens (tertiary/aromatic N) is 2. The van der Waals surface area contributed by atoms with E-state index in [9.17, 15) is 4.39 Å². The van der Waals surface area contributed by atoms with Crippen LogP contribution in [0.2, 0.25) is 0 Å². The van der Waals surface area contributed by atoms with E-state index in [1.807, 2.05) is 19.1 Å². The molecule has 0 aliphatic carbocycles. The molecule has 19 heavy (non-hydrogen) atoms. The largest absolute Gasteiger partial charge is 0.367 e. The average Bonchev–Trinajstić information content (AvgIpc) is 2.43. The maximum atomic E-state index is 13.9. The molecule has 4 heteroatoms. The number of nitrogens with one attached hydrogen (secondary N) is 1. The number of benzene rings is 1. The zero-order valence-corrected chi connectivity index (χ0v) is 11.3. The van der Waals surface area contributed by atoms with Gasteiger partial charge in [0, 0.05) is 6.54 Å². The number of aromatic nitrogens is 2. The van der Waals surface area contributed by atoms with E-state index < -0.39 is 0 Å². The van der Waals surface area contributed by atoms with Gasteiger partial charge in [-0.05, 0) is 30.9 Å². The molecule has 0 saturated carbocycles. The molecule has 1 aromatic heterocycles. The monoisotopic (exact) mass is 259 g/mol. The fraction of sp³-hybridized carbons (Fsp3) is 0.333. The molecule has 0 aliphatic heterocycles. The molecule has 0 bridgehead atoms. The molecule has 1 aromatic carbocycles. The van der Waals surface area contributed by atoms with Gasteiger partial charge in [0.15, 0.2) is 11.6 Å². The molecule has 0 amide bonds. The fourth-order valence-corrected chi connectivity index (χ4v) is 1.98. The minimum atomic E-state index is -0.338. The Balaban J connectivity index is 1.98. The summed E-state index contributed by atoms with van der Waals surface area (Å²) in [6.45, 7) is 4.61. The number of hydrogen-bond acceptors (Lipinski definition) is 3. The van der Waals surface area contributed by atoms with Gasteiger partial charge >= 0.3 is 0 Å². The minimum absolute atomic E-state index is 0.292.